The van der Waals surface area contributed by atoms with Gasteiger partial charge in [-0.05, 0) is 6.07 Å². The number of hydrogen-bond acceptors (Lipinski definition) is 4. The number of aliphatic hydroxyl groups excluding tert-OH is 1. The molecule has 0 saturated heterocycles. The van der Waals surface area contributed by atoms with Gasteiger partial charge in [0.1, 0.15) is 13.2 Å². The molecule has 0 aromatic heterocycles. The summed E-state index contributed by atoms with van der Waals surface area (Å²) >= 11 is 3.20. The Hall–Kier alpha value is -0.850. The van der Waals surface area contributed by atoms with Gasteiger partial charge < -0.3 is 20.3 Å². The molecule has 0 spiro atoms. The van der Waals surface area contributed by atoms with Crippen LogP contribution in [0.3, 0.4) is 0 Å². The molecular formula is C10H11BrFNO3. The highest BCUT2D eigenvalue weighted by Crippen LogP contribution is 2.40. The number of nitrogens with two attached hydrogens (primary N) is 1. The van der Waals surface area contributed by atoms with Crippen LogP contribution in [0.25, 0.3) is 0 Å². The average molecular weight is 292 g/mol. The summed E-state index contributed by atoms with van der Waals surface area (Å²) in [6, 6.07) is 0.813. The van der Waals surface area contributed by atoms with Gasteiger partial charge in [-0.3, -0.25) is 0 Å². The molecule has 1 aromatic carbocycles. The highest BCUT2D eigenvalue weighted by molar-refractivity contribution is 9.10. The third-order valence-electron chi connectivity index (χ3n) is 2.33. The number of rotatable bonds is 2. The van der Waals surface area contributed by atoms with Gasteiger partial charge in [-0.2, -0.15) is 0 Å². The average Bonchev–Trinajstić information content (AvgIpc) is 2.28. The minimum atomic E-state index is -0.787. The smallest absolute Gasteiger partial charge is 0.197 e. The maximum Gasteiger partial charge on any atom is 0.197 e. The van der Waals surface area contributed by atoms with E-state index < -0.39 is 11.9 Å². The minimum Gasteiger partial charge on any atom is -0.486 e. The summed E-state index contributed by atoms with van der Waals surface area (Å²) in [5, 5.41) is 8.96. The molecule has 0 fully saturated rings. The summed E-state index contributed by atoms with van der Waals surface area (Å²) in [4.78, 5) is 0. The van der Waals surface area contributed by atoms with E-state index in [9.17, 15) is 4.39 Å². The number of ether oxygens (including phenoxy) is 2. The Morgan fingerprint density at radius 1 is 1.50 bits per heavy atom. The van der Waals surface area contributed by atoms with E-state index in [4.69, 9.17) is 20.3 Å². The molecule has 1 heterocycles. The van der Waals surface area contributed by atoms with E-state index in [1.807, 2.05) is 0 Å². The lowest BCUT2D eigenvalue weighted by molar-refractivity contribution is 0.163. The zero-order valence-corrected chi connectivity index (χ0v) is 9.96. The van der Waals surface area contributed by atoms with Gasteiger partial charge in [0.2, 0.25) is 0 Å². The van der Waals surface area contributed by atoms with Crippen LogP contribution in [0.4, 0.5) is 4.39 Å². The molecule has 6 heteroatoms. The lowest BCUT2D eigenvalue weighted by Crippen LogP contribution is -2.21. The normalized spacial score (nSPS) is 16.0. The van der Waals surface area contributed by atoms with Crippen LogP contribution in [0.5, 0.6) is 11.5 Å². The van der Waals surface area contributed by atoms with Crippen molar-refractivity contribution in [1.82, 2.24) is 0 Å². The van der Waals surface area contributed by atoms with Crippen molar-refractivity contribution >= 4 is 15.9 Å². The van der Waals surface area contributed by atoms with Gasteiger partial charge >= 0.3 is 0 Å². The van der Waals surface area contributed by atoms with E-state index in [2.05, 4.69) is 15.9 Å². The summed E-state index contributed by atoms with van der Waals surface area (Å²) in [6.45, 7) is 0.360. The Morgan fingerprint density at radius 2 is 2.19 bits per heavy atom. The maximum absolute atomic E-state index is 14.0. The molecule has 3 N–H and O–H groups in total. The van der Waals surface area contributed by atoms with Crippen LogP contribution in [-0.4, -0.2) is 24.9 Å². The van der Waals surface area contributed by atoms with Crippen LogP contribution in [0.2, 0.25) is 0 Å². The van der Waals surface area contributed by atoms with E-state index in [1.54, 1.807) is 6.07 Å². The molecule has 0 amide bonds. The summed E-state index contributed by atoms with van der Waals surface area (Å²) in [5.74, 6) is -0.163. The standard InChI is InChI=1S/C10H11BrFNO3/c11-5-3-7-10(16-2-1-15-7)9(12)8(5)6(13)4-14/h3,6,14H,1-2,4,13H2. The van der Waals surface area contributed by atoms with Crippen molar-refractivity contribution in [3.8, 4) is 11.5 Å². The first-order valence-corrected chi connectivity index (χ1v) is 5.58. The third-order valence-corrected chi connectivity index (χ3v) is 2.99. The second kappa shape index (κ2) is 4.57. The van der Waals surface area contributed by atoms with Crippen molar-refractivity contribution in [2.45, 2.75) is 6.04 Å². The predicted octanol–water partition coefficient (Wildman–Crippen LogP) is 1.35. The summed E-state index contributed by atoms with van der Waals surface area (Å²) in [6.07, 6.45) is 0. The number of fused-ring (bicyclic) bond motifs is 1. The molecule has 1 atom stereocenters. The van der Waals surface area contributed by atoms with Crippen molar-refractivity contribution in [2.24, 2.45) is 5.73 Å². The topological polar surface area (TPSA) is 64.7 Å². The third kappa shape index (κ3) is 1.88. The van der Waals surface area contributed by atoms with Crippen LogP contribution in [0.1, 0.15) is 11.6 Å². The first-order valence-electron chi connectivity index (χ1n) is 4.79. The number of hydrogen-bond donors (Lipinski definition) is 2. The number of aliphatic hydroxyl groups is 1. The zero-order valence-electron chi connectivity index (χ0n) is 8.37. The molecule has 1 aromatic rings. The molecular weight excluding hydrogens is 281 g/mol. The van der Waals surface area contributed by atoms with E-state index in [1.165, 1.54) is 0 Å². The fourth-order valence-corrected chi connectivity index (χ4v) is 2.24. The van der Waals surface area contributed by atoms with Gasteiger partial charge in [0.25, 0.3) is 0 Å². The largest absolute Gasteiger partial charge is 0.486 e. The van der Waals surface area contributed by atoms with Crippen LogP contribution in [0, 0.1) is 5.82 Å². The van der Waals surface area contributed by atoms with Crippen LogP contribution >= 0.6 is 15.9 Å². The molecule has 0 saturated carbocycles. The van der Waals surface area contributed by atoms with Crippen LogP contribution < -0.4 is 15.2 Å². The Kier molecular flexibility index (Phi) is 3.32. The highest BCUT2D eigenvalue weighted by Gasteiger charge is 2.25. The quantitative estimate of drug-likeness (QED) is 0.863. The van der Waals surface area contributed by atoms with Crippen molar-refractivity contribution in [3.05, 3.63) is 21.9 Å². The molecule has 1 unspecified atom stereocenters. The zero-order chi connectivity index (χ0) is 11.7. The van der Waals surface area contributed by atoms with Gasteiger partial charge in [0, 0.05) is 10.0 Å². The van der Waals surface area contributed by atoms with Gasteiger partial charge in [0.05, 0.1) is 12.6 Å². The number of halogens is 2. The molecule has 1 aliphatic heterocycles. The van der Waals surface area contributed by atoms with Crippen LogP contribution in [0.15, 0.2) is 10.5 Å². The van der Waals surface area contributed by atoms with Gasteiger partial charge in [0.15, 0.2) is 17.3 Å². The molecule has 88 valence electrons. The molecule has 4 nitrogen and oxygen atoms in total. The van der Waals surface area contributed by atoms with E-state index in [0.29, 0.717) is 23.4 Å². The molecule has 0 bridgehead atoms. The second-order valence-electron chi connectivity index (χ2n) is 3.40. The van der Waals surface area contributed by atoms with E-state index >= 15 is 0 Å². The van der Waals surface area contributed by atoms with Gasteiger partial charge in [-0.1, -0.05) is 15.9 Å². The van der Waals surface area contributed by atoms with Gasteiger partial charge in [-0.25, -0.2) is 4.39 Å². The summed E-state index contributed by atoms with van der Waals surface area (Å²) in [5.41, 5.74) is 5.81. The summed E-state index contributed by atoms with van der Waals surface area (Å²) in [7, 11) is 0. The monoisotopic (exact) mass is 291 g/mol. The molecule has 0 radical (unpaired) electrons. The predicted molar refractivity (Wildman–Crippen MR) is 59.1 cm³/mol. The molecule has 0 aliphatic carbocycles. The van der Waals surface area contributed by atoms with Crippen molar-refractivity contribution in [2.75, 3.05) is 19.8 Å². The highest BCUT2D eigenvalue weighted by atomic mass is 79.9. The Bertz CT molecular complexity index is 414. The second-order valence-corrected chi connectivity index (χ2v) is 4.25. The fraction of sp³-hybridized carbons (Fsp3) is 0.400. The summed E-state index contributed by atoms with van der Waals surface area (Å²) < 4.78 is 24.9. The first-order chi connectivity index (χ1) is 7.65. The van der Waals surface area contributed by atoms with Crippen molar-refractivity contribution < 1.29 is 19.0 Å². The first kappa shape index (κ1) is 11.6. The lowest BCUT2D eigenvalue weighted by Gasteiger charge is -2.22. The fourth-order valence-electron chi connectivity index (χ4n) is 1.56. The lowest BCUT2D eigenvalue weighted by atomic mass is 10.1. The maximum atomic E-state index is 14.0. The Balaban J connectivity index is 2.54. The van der Waals surface area contributed by atoms with Crippen LogP contribution in [-0.2, 0) is 0 Å². The van der Waals surface area contributed by atoms with Gasteiger partial charge in [-0.15, -0.1) is 0 Å². The molecule has 2 rings (SSSR count). The minimum absolute atomic E-state index is 0.0633. The Morgan fingerprint density at radius 3 is 2.88 bits per heavy atom. The van der Waals surface area contributed by atoms with E-state index in [0.717, 1.165) is 0 Å². The Labute approximate surface area is 100 Å². The SMILES string of the molecule is NC(CO)c1c(Br)cc2c(c1F)OCCO2. The van der Waals surface area contributed by atoms with E-state index in [-0.39, 0.29) is 17.9 Å². The molecule has 1 aliphatic rings. The van der Waals surface area contributed by atoms with Crippen molar-refractivity contribution in [1.29, 1.82) is 0 Å². The number of benzene rings is 1. The molecule has 16 heavy (non-hydrogen) atoms. The van der Waals surface area contributed by atoms with Crippen molar-refractivity contribution in [3.63, 3.8) is 0 Å².